The van der Waals surface area contributed by atoms with Crippen LogP contribution in [0.25, 0.3) is 0 Å². The van der Waals surface area contributed by atoms with Gasteiger partial charge >= 0.3 is 0 Å². The third-order valence-electron chi connectivity index (χ3n) is 2.82. The van der Waals surface area contributed by atoms with Gasteiger partial charge in [-0.1, -0.05) is 23.9 Å². The summed E-state index contributed by atoms with van der Waals surface area (Å²) in [6, 6.07) is 7.48. The molecular weight excluding hydrogens is 220 g/mol. The van der Waals surface area contributed by atoms with E-state index in [9.17, 15) is 5.11 Å². The quantitative estimate of drug-likeness (QED) is 0.736. The summed E-state index contributed by atoms with van der Waals surface area (Å²) >= 11 is 1.71. The van der Waals surface area contributed by atoms with Gasteiger partial charge in [0.05, 0.1) is 11.7 Å². The zero-order valence-electron chi connectivity index (χ0n) is 9.69. The molecule has 1 aliphatic rings. The molecule has 3 nitrogen and oxygen atoms in total. The first-order valence-corrected chi connectivity index (χ1v) is 6.12. The molecule has 2 N–H and O–H groups in total. The number of para-hydroxylation sites is 2. The van der Waals surface area contributed by atoms with Crippen LogP contribution in [0.4, 0.5) is 5.69 Å². The molecule has 16 heavy (non-hydrogen) atoms. The van der Waals surface area contributed by atoms with Gasteiger partial charge in [-0.2, -0.15) is 0 Å². The first-order valence-electron chi connectivity index (χ1n) is 5.31. The smallest absolute Gasteiger partial charge is 0.162 e. The van der Waals surface area contributed by atoms with Crippen molar-refractivity contribution in [1.29, 1.82) is 0 Å². The van der Waals surface area contributed by atoms with Gasteiger partial charge in [0.15, 0.2) is 5.17 Å². The summed E-state index contributed by atoms with van der Waals surface area (Å²) in [6.45, 7) is 6.45. The molecule has 0 radical (unpaired) electrons. The van der Waals surface area contributed by atoms with E-state index in [2.05, 4.69) is 31.1 Å². The van der Waals surface area contributed by atoms with Gasteiger partial charge in [0.25, 0.3) is 0 Å². The number of nitrogens with one attached hydrogen (secondary N) is 1. The maximum Gasteiger partial charge on any atom is 0.162 e. The predicted molar refractivity (Wildman–Crippen MR) is 70.3 cm³/mol. The fraction of sp³-hybridized carbons (Fsp3) is 0.417. The molecule has 0 spiro atoms. The number of hydrogen-bond donors (Lipinski definition) is 2. The molecule has 0 saturated heterocycles. The highest BCUT2D eigenvalue weighted by molar-refractivity contribution is 8.15. The molecule has 0 bridgehead atoms. The molecule has 1 unspecified atom stereocenters. The molecule has 1 heterocycles. The van der Waals surface area contributed by atoms with Gasteiger partial charge in [0.2, 0.25) is 0 Å². The molecular formula is C12H16N2OS. The minimum atomic E-state index is 0.118. The van der Waals surface area contributed by atoms with Crippen molar-refractivity contribution in [2.24, 2.45) is 4.99 Å². The molecule has 2 rings (SSSR count). The number of amidine groups is 1. The van der Waals surface area contributed by atoms with Gasteiger partial charge < -0.3 is 10.4 Å². The number of rotatable bonds is 1. The number of aromatic hydroxyl groups is 1. The minimum absolute atomic E-state index is 0.118. The van der Waals surface area contributed by atoms with E-state index in [1.165, 1.54) is 0 Å². The molecule has 0 saturated carbocycles. The monoisotopic (exact) mass is 236 g/mol. The fourth-order valence-electron chi connectivity index (χ4n) is 1.44. The van der Waals surface area contributed by atoms with Crippen molar-refractivity contribution in [2.45, 2.75) is 31.6 Å². The van der Waals surface area contributed by atoms with Crippen molar-refractivity contribution in [2.75, 3.05) is 5.32 Å². The Morgan fingerprint density at radius 1 is 1.38 bits per heavy atom. The van der Waals surface area contributed by atoms with Crippen molar-refractivity contribution in [3.05, 3.63) is 24.3 Å². The second-order valence-corrected chi connectivity index (χ2v) is 6.10. The van der Waals surface area contributed by atoms with Crippen LogP contribution in [0.1, 0.15) is 20.8 Å². The summed E-state index contributed by atoms with van der Waals surface area (Å²) in [4.78, 5) is 4.54. The molecule has 0 fully saturated rings. The third-order valence-corrected chi connectivity index (χ3v) is 4.09. The number of benzene rings is 1. The van der Waals surface area contributed by atoms with Gasteiger partial charge in [-0.05, 0) is 32.9 Å². The lowest BCUT2D eigenvalue weighted by Gasteiger charge is -2.20. The molecule has 86 valence electrons. The highest BCUT2D eigenvalue weighted by Crippen LogP contribution is 2.38. The average Bonchev–Trinajstić information content (AvgIpc) is 2.44. The van der Waals surface area contributed by atoms with Crippen LogP contribution in [0.2, 0.25) is 0 Å². The Bertz CT molecular complexity index is 429. The zero-order chi connectivity index (χ0) is 11.8. The molecule has 1 atom stereocenters. The summed E-state index contributed by atoms with van der Waals surface area (Å²) in [5.41, 5.74) is 0.707. The van der Waals surface area contributed by atoms with Crippen LogP contribution in [0, 0.1) is 0 Å². The number of nitrogens with zero attached hydrogens (tertiary/aromatic N) is 1. The van der Waals surface area contributed by atoms with Crippen molar-refractivity contribution < 1.29 is 5.11 Å². The topological polar surface area (TPSA) is 44.6 Å². The Balaban J connectivity index is 2.13. The summed E-state index contributed by atoms with van der Waals surface area (Å²) < 4.78 is 0.118. The van der Waals surface area contributed by atoms with Crippen LogP contribution in [0.5, 0.6) is 5.75 Å². The van der Waals surface area contributed by atoms with E-state index in [0.717, 1.165) is 5.17 Å². The molecule has 0 amide bonds. The molecule has 1 aromatic carbocycles. The van der Waals surface area contributed by atoms with E-state index in [-0.39, 0.29) is 16.5 Å². The van der Waals surface area contributed by atoms with Crippen molar-refractivity contribution in [1.82, 2.24) is 0 Å². The number of hydrogen-bond acceptors (Lipinski definition) is 4. The van der Waals surface area contributed by atoms with E-state index in [1.54, 1.807) is 23.9 Å². The van der Waals surface area contributed by atoms with Gasteiger partial charge in [0, 0.05) is 4.75 Å². The maximum absolute atomic E-state index is 9.64. The number of phenols is 1. The van der Waals surface area contributed by atoms with Crippen LogP contribution in [-0.2, 0) is 0 Å². The maximum atomic E-state index is 9.64. The van der Waals surface area contributed by atoms with Crippen molar-refractivity contribution >= 4 is 22.6 Å². The van der Waals surface area contributed by atoms with Crippen molar-refractivity contribution in [3.8, 4) is 5.75 Å². The van der Waals surface area contributed by atoms with Crippen LogP contribution < -0.4 is 5.32 Å². The first-order chi connectivity index (χ1) is 7.49. The predicted octanol–water partition coefficient (Wildman–Crippen LogP) is 3.07. The zero-order valence-corrected chi connectivity index (χ0v) is 10.5. The van der Waals surface area contributed by atoms with Gasteiger partial charge in [0.1, 0.15) is 5.75 Å². The van der Waals surface area contributed by atoms with E-state index < -0.39 is 0 Å². The average molecular weight is 236 g/mol. The largest absolute Gasteiger partial charge is 0.506 e. The second-order valence-electron chi connectivity index (χ2n) is 4.46. The van der Waals surface area contributed by atoms with Gasteiger partial charge in [-0.25, -0.2) is 0 Å². The van der Waals surface area contributed by atoms with Crippen LogP contribution in [-0.4, -0.2) is 21.1 Å². The van der Waals surface area contributed by atoms with Gasteiger partial charge in [-0.15, -0.1) is 0 Å². The number of anilines is 1. The highest BCUT2D eigenvalue weighted by Gasteiger charge is 2.34. The lowest BCUT2D eigenvalue weighted by Crippen LogP contribution is -2.24. The second kappa shape index (κ2) is 4.01. The summed E-state index contributed by atoms with van der Waals surface area (Å²) in [5.74, 6) is 0.253. The standard InChI is InChI=1S/C12H16N2OS/c1-8-12(2,3)16-11(13-8)14-9-6-4-5-7-10(9)15/h4-8,15H,1-3H3,(H,13,14). The minimum Gasteiger partial charge on any atom is -0.506 e. The first kappa shape index (κ1) is 11.3. The van der Waals surface area contributed by atoms with Crippen LogP contribution in [0.3, 0.4) is 0 Å². The Morgan fingerprint density at radius 3 is 2.62 bits per heavy atom. The molecule has 0 aliphatic carbocycles. The van der Waals surface area contributed by atoms with Crippen LogP contribution in [0.15, 0.2) is 29.3 Å². The Morgan fingerprint density at radius 2 is 2.06 bits per heavy atom. The molecule has 0 aromatic heterocycles. The van der Waals surface area contributed by atoms with E-state index in [0.29, 0.717) is 5.69 Å². The number of phenolic OH excluding ortho intramolecular Hbond substituents is 1. The Hall–Kier alpha value is -1.16. The molecule has 1 aliphatic heterocycles. The van der Waals surface area contributed by atoms with E-state index in [4.69, 9.17) is 0 Å². The van der Waals surface area contributed by atoms with Crippen molar-refractivity contribution in [3.63, 3.8) is 0 Å². The van der Waals surface area contributed by atoms with E-state index >= 15 is 0 Å². The summed E-state index contributed by atoms with van der Waals surface area (Å²) in [6.07, 6.45) is 0. The molecule has 4 heteroatoms. The SMILES string of the molecule is CC1N=C(Nc2ccccc2O)SC1(C)C. The number of aliphatic imine (C=N–C) groups is 1. The third kappa shape index (κ3) is 2.16. The lowest BCUT2D eigenvalue weighted by molar-refractivity contribution is 0.478. The molecule has 1 aromatic rings. The Labute approximate surface area is 100.0 Å². The summed E-state index contributed by atoms with van der Waals surface area (Å²) in [5, 5.41) is 13.7. The fourth-order valence-corrected chi connectivity index (χ4v) is 2.54. The summed E-state index contributed by atoms with van der Waals surface area (Å²) in [7, 11) is 0. The lowest BCUT2D eigenvalue weighted by atomic mass is 10.1. The Kier molecular flexibility index (Phi) is 2.84. The van der Waals surface area contributed by atoms with E-state index in [1.807, 2.05) is 12.1 Å². The number of thioether (sulfide) groups is 1. The van der Waals surface area contributed by atoms with Crippen LogP contribution >= 0.6 is 11.8 Å². The highest BCUT2D eigenvalue weighted by atomic mass is 32.2. The van der Waals surface area contributed by atoms with Gasteiger partial charge in [-0.3, -0.25) is 4.99 Å². The normalized spacial score (nSPS) is 22.9.